The summed E-state index contributed by atoms with van der Waals surface area (Å²) in [5.41, 5.74) is 5.21. The van der Waals surface area contributed by atoms with Gasteiger partial charge in [-0.2, -0.15) is 0 Å². The van der Waals surface area contributed by atoms with Gasteiger partial charge in [0, 0.05) is 17.2 Å². The molecular formula is C9H12BrN3O2. The highest BCUT2D eigenvalue weighted by atomic mass is 79.9. The minimum Gasteiger partial charge on any atom is -0.370 e. The number of pyridine rings is 1. The molecular weight excluding hydrogens is 262 g/mol. The Balaban J connectivity index is 2.34. The predicted molar refractivity (Wildman–Crippen MR) is 60.4 cm³/mol. The van der Waals surface area contributed by atoms with E-state index in [9.17, 15) is 4.79 Å². The zero-order valence-electron chi connectivity index (χ0n) is 8.07. The SMILES string of the molecule is NCCOCC(=O)Nc1ccc(Br)cn1. The average Bonchev–Trinajstić information content (AvgIpc) is 2.22. The number of halogens is 1. The molecule has 0 fully saturated rings. The quantitative estimate of drug-likeness (QED) is 0.777. The molecule has 1 heterocycles. The maximum Gasteiger partial charge on any atom is 0.251 e. The van der Waals surface area contributed by atoms with Crippen molar-refractivity contribution in [3.63, 3.8) is 0 Å². The Bertz CT molecular complexity index is 316. The molecule has 3 N–H and O–H groups in total. The summed E-state index contributed by atoms with van der Waals surface area (Å²) >= 11 is 3.25. The van der Waals surface area contributed by atoms with Gasteiger partial charge in [0.15, 0.2) is 0 Å². The van der Waals surface area contributed by atoms with Crippen molar-refractivity contribution in [2.24, 2.45) is 5.73 Å². The minimum absolute atomic E-state index is 0.00502. The predicted octanol–water partition coefficient (Wildman–Crippen LogP) is 0.758. The van der Waals surface area contributed by atoms with Crippen LogP contribution in [0.4, 0.5) is 5.82 Å². The smallest absolute Gasteiger partial charge is 0.251 e. The third-order valence-electron chi connectivity index (χ3n) is 1.49. The summed E-state index contributed by atoms with van der Waals surface area (Å²) in [4.78, 5) is 15.2. The van der Waals surface area contributed by atoms with Crippen molar-refractivity contribution in [1.29, 1.82) is 0 Å². The van der Waals surface area contributed by atoms with E-state index in [2.05, 4.69) is 26.2 Å². The number of nitrogens with one attached hydrogen (secondary N) is 1. The second-order valence-electron chi connectivity index (χ2n) is 2.75. The number of rotatable bonds is 5. The molecule has 0 saturated heterocycles. The van der Waals surface area contributed by atoms with Gasteiger partial charge < -0.3 is 15.8 Å². The van der Waals surface area contributed by atoms with Crippen molar-refractivity contribution in [2.75, 3.05) is 25.1 Å². The van der Waals surface area contributed by atoms with E-state index >= 15 is 0 Å². The van der Waals surface area contributed by atoms with Crippen LogP contribution in [0.3, 0.4) is 0 Å². The number of amides is 1. The Morgan fingerprint density at radius 1 is 1.60 bits per heavy atom. The topological polar surface area (TPSA) is 77.2 Å². The third kappa shape index (κ3) is 4.87. The lowest BCUT2D eigenvalue weighted by Crippen LogP contribution is -2.21. The van der Waals surface area contributed by atoms with Crippen molar-refractivity contribution in [1.82, 2.24) is 4.98 Å². The summed E-state index contributed by atoms with van der Waals surface area (Å²) < 4.78 is 5.83. The first-order chi connectivity index (χ1) is 7.22. The molecule has 1 rings (SSSR count). The first kappa shape index (κ1) is 12.1. The average molecular weight is 274 g/mol. The van der Waals surface area contributed by atoms with E-state index in [1.54, 1.807) is 18.3 Å². The summed E-state index contributed by atoms with van der Waals surface area (Å²) in [6.45, 7) is 0.778. The number of nitrogens with two attached hydrogens (primary N) is 1. The van der Waals surface area contributed by atoms with Crippen LogP contribution in [0.25, 0.3) is 0 Å². The molecule has 0 spiro atoms. The van der Waals surface area contributed by atoms with Gasteiger partial charge in [0.1, 0.15) is 12.4 Å². The maximum atomic E-state index is 11.2. The van der Waals surface area contributed by atoms with E-state index in [0.29, 0.717) is 19.0 Å². The summed E-state index contributed by atoms with van der Waals surface area (Å²) in [5, 5.41) is 2.59. The van der Waals surface area contributed by atoms with E-state index in [1.807, 2.05) is 0 Å². The molecule has 0 unspecified atom stereocenters. The van der Waals surface area contributed by atoms with Crippen LogP contribution in [0.2, 0.25) is 0 Å². The highest BCUT2D eigenvalue weighted by molar-refractivity contribution is 9.10. The number of aromatic nitrogens is 1. The van der Waals surface area contributed by atoms with E-state index < -0.39 is 0 Å². The summed E-state index contributed by atoms with van der Waals surface area (Å²) in [5.74, 6) is 0.262. The molecule has 0 aliphatic heterocycles. The molecule has 5 nitrogen and oxygen atoms in total. The Morgan fingerprint density at radius 3 is 3.00 bits per heavy atom. The Labute approximate surface area is 96.1 Å². The molecule has 0 radical (unpaired) electrons. The van der Waals surface area contributed by atoms with Gasteiger partial charge in [-0.15, -0.1) is 0 Å². The number of hydrogen-bond donors (Lipinski definition) is 2. The molecule has 1 aromatic heterocycles. The first-order valence-corrected chi connectivity index (χ1v) is 5.21. The summed E-state index contributed by atoms with van der Waals surface area (Å²) in [6.07, 6.45) is 1.61. The largest absolute Gasteiger partial charge is 0.370 e. The van der Waals surface area contributed by atoms with Crippen LogP contribution in [0.1, 0.15) is 0 Å². The Hall–Kier alpha value is -0.980. The molecule has 82 valence electrons. The highest BCUT2D eigenvalue weighted by Crippen LogP contribution is 2.10. The lowest BCUT2D eigenvalue weighted by molar-refractivity contribution is -0.120. The van der Waals surface area contributed by atoms with Gasteiger partial charge in [-0.3, -0.25) is 4.79 Å². The van der Waals surface area contributed by atoms with Gasteiger partial charge in [0.2, 0.25) is 0 Å². The van der Waals surface area contributed by atoms with Gasteiger partial charge in [0.25, 0.3) is 5.91 Å². The van der Waals surface area contributed by atoms with E-state index in [-0.39, 0.29) is 12.5 Å². The molecule has 1 amide bonds. The van der Waals surface area contributed by atoms with Gasteiger partial charge >= 0.3 is 0 Å². The van der Waals surface area contributed by atoms with E-state index in [4.69, 9.17) is 10.5 Å². The molecule has 0 bridgehead atoms. The summed E-state index contributed by atoms with van der Waals surface area (Å²) in [7, 11) is 0. The molecule has 0 aliphatic carbocycles. The molecule has 6 heteroatoms. The fraction of sp³-hybridized carbons (Fsp3) is 0.333. The standard InChI is InChI=1S/C9H12BrN3O2/c10-7-1-2-8(12-5-7)13-9(14)6-15-4-3-11/h1-2,5H,3-4,6,11H2,(H,12,13,14). The number of hydrogen-bond acceptors (Lipinski definition) is 4. The monoisotopic (exact) mass is 273 g/mol. The van der Waals surface area contributed by atoms with Crippen molar-refractivity contribution in [3.05, 3.63) is 22.8 Å². The molecule has 0 aliphatic rings. The summed E-state index contributed by atoms with van der Waals surface area (Å²) in [6, 6.07) is 3.49. The van der Waals surface area contributed by atoms with E-state index in [1.165, 1.54) is 0 Å². The van der Waals surface area contributed by atoms with Gasteiger partial charge in [-0.05, 0) is 28.1 Å². The van der Waals surface area contributed by atoms with Crippen LogP contribution < -0.4 is 11.1 Å². The second kappa shape index (κ2) is 6.49. The molecule has 0 atom stereocenters. The van der Waals surface area contributed by atoms with Gasteiger partial charge in [-0.1, -0.05) is 0 Å². The minimum atomic E-state index is -0.238. The fourth-order valence-electron chi connectivity index (χ4n) is 0.877. The zero-order valence-corrected chi connectivity index (χ0v) is 9.66. The van der Waals surface area contributed by atoms with Gasteiger partial charge in [0.05, 0.1) is 6.61 Å². The third-order valence-corrected chi connectivity index (χ3v) is 1.96. The number of ether oxygens (including phenoxy) is 1. The van der Waals surface area contributed by atoms with Crippen LogP contribution in [-0.4, -0.2) is 30.6 Å². The number of nitrogens with zero attached hydrogens (tertiary/aromatic N) is 1. The van der Waals surface area contributed by atoms with Crippen LogP contribution in [-0.2, 0) is 9.53 Å². The van der Waals surface area contributed by atoms with Crippen LogP contribution in [0.15, 0.2) is 22.8 Å². The van der Waals surface area contributed by atoms with E-state index in [0.717, 1.165) is 4.47 Å². The van der Waals surface area contributed by atoms with Crippen LogP contribution >= 0.6 is 15.9 Å². The fourth-order valence-corrected chi connectivity index (χ4v) is 1.11. The van der Waals surface area contributed by atoms with Crippen molar-refractivity contribution >= 4 is 27.7 Å². The molecule has 0 aromatic carbocycles. The van der Waals surface area contributed by atoms with Crippen molar-refractivity contribution in [3.8, 4) is 0 Å². The van der Waals surface area contributed by atoms with Crippen LogP contribution in [0.5, 0.6) is 0 Å². The highest BCUT2D eigenvalue weighted by Gasteiger charge is 2.02. The van der Waals surface area contributed by atoms with Crippen molar-refractivity contribution < 1.29 is 9.53 Å². The Kier molecular flexibility index (Phi) is 5.23. The Morgan fingerprint density at radius 2 is 2.40 bits per heavy atom. The van der Waals surface area contributed by atoms with Crippen molar-refractivity contribution in [2.45, 2.75) is 0 Å². The molecule has 0 saturated carbocycles. The second-order valence-corrected chi connectivity index (χ2v) is 3.67. The zero-order chi connectivity index (χ0) is 11.1. The maximum absolute atomic E-state index is 11.2. The normalized spacial score (nSPS) is 10.0. The molecule has 15 heavy (non-hydrogen) atoms. The lowest BCUT2D eigenvalue weighted by Gasteiger charge is -2.04. The number of carbonyl (C=O) groups is 1. The van der Waals surface area contributed by atoms with Gasteiger partial charge in [-0.25, -0.2) is 4.98 Å². The number of carbonyl (C=O) groups excluding carboxylic acids is 1. The number of anilines is 1. The molecule has 1 aromatic rings. The first-order valence-electron chi connectivity index (χ1n) is 4.41. The van der Waals surface area contributed by atoms with Crippen LogP contribution in [0, 0.1) is 0 Å². The lowest BCUT2D eigenvalue weighted by atomic mass is 10.4.